The third-order valence-corrected chi connectivity index (χ3v) is 7.17. The summed E-state index contributed by atoms with van der Waals surface area (Å²) in [5, 5.41) is 2.96. The minimum Gasteiger partial charge on any atom is -0.362 e. The monoisotopic (exact) mass is 440 g/mol. The standard InChI is InChI=1S/C23H28N4O3S/c1-26-15-7-10-21(26)25-31(29,30)20-13-11-19(12-14-20)24-23(28)22(27-16-5-6-17-27)18-8-3-2-4-9-18/h2-4,8-9,11-14,22H,5-7,10,15-17H2,1H3,(H,24,28)/b25-21+. The zero-order chi connectivity index (χ0) is 21.8. The first-order chi connectivity index (χ1) is 14.9. The summed E-state index contributed by atoms with van der Waals surface area (Å²) in [7, 11) is -1.92. The van der Waals surface area contributed by atoms with E-state index < -0.39 is 10.0 Å². The topological polar surface area (TPSA) is 82.1 Å². The number of hydrogen-bond acceptors (Lipinski definition) is 4. The minimum atomic E-state index is -3.77. The highest BCUT2D eigenvalue weighted by Gasteiger charge is 2.29. The molecule has 1 atom stereocenters. The number of amides is 1. The predicted molar refractivity (Wildman–Crippen MR) is 122 cm³/mol. The molecule has 0 bridgehead atoms. The number of amidine groups is 1. The van der Waals surface area contributed by atoms with Crippen LogP contribution in [-0.4, -0.2) is 56.6 Å². The molecule has 1 amide bonds. The molecule has 0 saturated carbocycles. The fourth-order valence-corrected chi connectivity index (χ4v) is 5.28. The normalized spacial score (nSPS) is 19.6. The summed E-state index contributed by atoms with van der Waals surface area (Å²) >= 11 is 0. The van der Waals surface area contributed by atoms with Crippen molar-refractivity contribution in [2.75, 3.05) is 32.0 Å². The number of hydrogen-bond donors (Lipinski definition) is 1. The van der Waals surface area contributed by atoms with E-state index in [1.807, 2.05) is 42.3 Å². The molecule has 0 radical (unpaired) electrons. The van der Waals surface area contributed by atoms with Crippen LogP contribution < -0.4 is 5.32 Å². The van der Waals surface area contributed by atoms with Gasteiger partial charge in [-0.3, -0.25) is 9.69 Å². The molecule has 2 fully saturated rings. The quantitative estimate of drug-likeness (QED) is 0.746. The van der Waals surface area contributed by atoms with Gasteiger partial charge in [0, 0.05) is 25.7 Å². The van der Waals surface area contributed by atoms with Gasteiger partial charge in [0.05, 0.1) is 4.90 Å². The zero-order valence-corrected chi connectivity index (χ0v) is 18.5. The van der Waals surface area contributed by atoms with Crippen LogP contribution in [0.3, 0.4) is 0 Å². The van der Waals surface area contributed by atoms with Crippen LogP contribution in [0.1, 0.15) is 37.3 Å². The van der Waals surface area contributed by atoms with E-state index in [2.05, 4.69) is 14.6 Å². The van der Waals surface area contributed by atoms with Crippen molar-refractivity contribution in [3.8, 4) is 0 Å². The van der Waals surface area contributed by atoms with Gasteiger partial charge in [0.1, 0.15) is 11.9 Å². The van der Waals surface area contributed by atoms with Gasteiger partial charge in [-0.1, -0.05) is 30.3 Å². The third kappa shape index (κ3) is 4.97. The SMILES string of the molecule is CN1CCC/C1=N\S(=O)(=O)c1ccc(NC(=O)C(c2ccccc2)N2CCCC2)cc1. The predicted octanol–water partition coefficient (Wildman–Crippen LogP) is 3.28. The summed E-state index contributed by atoms with van der Waals surface area (Å²) in [6.45, 7) is 2.59. The lowest BCUT2D eigenvalue weighted by atomic mass is 10.0. The molecule has 2 aromatic carbocycles. The van der Waals surface area contributed by atoms with Gasteiger partial charge in [0.2, 0.25) is 5.91 Å². The highest BCUT2D eigenvalue weighted by atomic mass is 32.2. The number of likely N-dealkylation sites (tertiary alicyclic amines) is 2. The lowest BCUT2D eigenvalue weighted by molar-refractivity contribution is -0.121. The number of carbonyl (C=O) groups excluding carboxylic acids is 1. The Balaban J connectivity index is 1.50. The highest BCUT2D eigenvalue weighted by molar-refractivity contribution is 7.90. The Morgan fingerprint density at radius 1 is 0.968 bits per heavy atom. The maximum atomic E-state index is 13.1. The fraction of sp³-hybridized carbons (Fsp3) is 0.391. The molecule has 2 heterocycles. The molecule has 1 N–H and O–H groups in total. The van der Waals surface area contributed by atoms with Crippen molar-refractivity contribution >= 4 is 27.5 Å². The Labute approximate surface area is 183 Å². The van der Waals surface area contributed by atoms with E-state index in [-0.39, 0.29) is 16.8 Å². The second-order valence-electron chi connectivity index (χ2n) is 8.08. The second kappa shape index (κ2) is 9.20. The van der Waals surface area contributed by atoms with Gasteiger partial charge in [0.25, 0.3) is 10.0 Å². The molecule has 2 aliphatic rings. The molecule has 7 nitrogen and oxygen atoms in total. The number of carbonyl (C=O) groups is 1. The molecule has 1 unspecified atom stereocenters. The largest absolute Gasteiger partial charge is 0.362 e. The minimum absolute atomic E-state index is 0.114. The number of anilines is 1. The van der Waals surface area contributed by atoms with Crippen LogP contribution in [-0.2, 0) is 14.8 Å². The van der Waals surface area contributed by atoms with Crippen LogP contribution in [0.15, 0.2) is 63.9 Å². The summed E-state index contributed by atoms with van der Waals surface area (Å²) < 4.78 is 29.2. The molecular weight excluding hydrogens is 412 g/mol. The highest BCUT2D eigenvalue weighted by Crippen LogP contribution is 2.27. The number of rotatable bonds is 6. The molecule has 2 saturated heterocycles. The molecule has 31 heavy (non-hydrogen) atoms. The van der Waals surface area contributed by atoms with Crippen molar-refractivity contribution in [2.24, 2.45) is 4.40 Å². The maximum absolute atomic E-state index is 13.1. The maximum Gasteiger partial charge on any atom is 0.283 e. The molecule has 2 aliphatic heterocycles. The molecule has 0 spiro atoms. The Morgan fingerprint density at radius 2 is 1.65 bits per heavy atom. The van der Waals surface area contributed by atoms with Gasteiger partial charge < -0.3 is 10.2 Å². The molecule has 0 aromatic heterocycles. The lowest BCUT2D eigenvalue weighted by Crippen LogP contribution is -2.35. The van der Waals surface area contributed by atoms with E-state index in [0.29, 0.717) is 17.9 Å². The van der Waals surface area contributed by atoms with Gasteiger partial charge in [0.15, 0.2) is 0 Å². The summed E-state index contributed by atoms with van der Waals surface area (Å²) in [6, 6.07) is 15.6. The Hall–Kier alpha value is -2.71. The number of nitrogens with zero attached hydrogens (tertiary/aromatic N) is 3. The average Bonchev–Trinajstić information content (AvgIpc) is 3.42. The number of sulfonamides is 1. The van der Waals surface area contributed by atoms with Crippen LogP contribution in [0, 0.1) is 0 Å². The lowest BCUT2D eigenvalue weighted by Gasteiger charge is -2.27. The van der Waals surface area contributed by atoms with Crippen molar-refractivity contribution in [2.45, 2.75) is 36.6 Å². The summed E-state index contributed by atoms with van der Waals surface area (Å²) in [4.78, 5) is 17.3. The first-order valence-electron chi connectivity index (χ1n) is 10.7. The molecular formula is C23H28N4O3S. The van der Waals surface area contributed by atoms with Crippen LogP contribution in [0.4, 0.5) is 5.69 Å². The Bertz CT molecular complexity index is 1050. The van der Waals surface area contributed by atoms with E-state index in [4.69, 9.17) is 0 Å². The summed E-state index contributed by atoms with van der Waals surface area (Å²) in [5.41, 5.74) is 1.52. The average molecular weight is 441 g/mol. The van der Waals surface area contributed by atoms with Crippen LogP contribution >= 0.6 is 0 Å². The van der Waals surface area contributed by atoms with Gasteiger partial charge in [-0.15, -0.1) is 4.40 Å². The van der Waals surface area contributed by atoms with Crippen molar-refractivity contribution in [1.29, 1.82) is 0 Å². The third-order valence-electron chi connectivity index (χ3n) is 5.85. The van der Waals surface area contributed by atoms with E-state index in [0.717, 1.165) is 44.5 Å². The van der Waals surface area contributed by atoms with Crippen molar-refractivity contribution < 1.29 is 13.2 Å². The smallest absolute Gasteiger partial charge is 0.283 e. The van der Waals surface area contributed by atoms with Gasteiger partial charge >= 0.3 is 0 Å². The number of nitrogens with one attached hydrogen (secondary N) is 1. The van der Waals surface area contributed by atoms with E-state index >= 15 is 0 Å². The van der Waals surface area contributed by atoms with Crippen LogP contribution in [0.2, 0.25) is 0 Å². The molecule has 8 heteroatoms. The fourth-order valence-electron chi connectivity index (χ4n) is 4.19. The van der Waals surface area contributed by atoms with Crippen LogP contribution in [0.25, 0.3) is 0 Å². The Kier molecular flexibility index (Phi) is 6.38. The zero-order valence-electron chi connectivity index (χ0n) is 17.7. The summed E-state index contributed by atoms with van der Waals surface area (Å²) in [5.74, 6) is 0.477. The van der Waals surface area contributed by atoms with Gasteiger partial charge in [-0.05, 0) is 62.2 Å². The van der Waals surface area contributed by atoms with Gasteiger partial charge in [-0.2, -0.15) is 8.42 Å². The first-order valence-corrected chi connectivity index (χ1v) is 12.1. The second-order valence-corrected chi connectivity index (χ2v) is 9.68. The van der Waals surface area contributed by atoms with E-state index in [9.17, 15) is 13.2 Å². The van der Waals surface area contributed by atoms with E-state index in [1.54, 1.807) is 12.1 Å². The number of benzene rings is 2. The van der Waals surface area contributed by atoms with Crippen molar-refractivity contribution in [1.82, 2.24) is 9.80 Å². The summed E-state index contributed by atoms with van der Waals surface area (Å²) in [6.07, 6.45) is 3.75. The van der Waals surface area contributed by atoms with Crippen molar-refractivity contribution in [3.63, 3.8) is 0 Å². The Morgan fingerprint density at radius 3 is 2.26 bits per heavy atom. The van der Waals surface area contributed by atoms with E-state index in [1.165, 1.54) is 12.1 Å². The first kappa shape index (κ1) is 21.5. The molecule has 2 aromatic rings. The van der Waals surface area contributed by atoms with Crippen LogP contribution in [0.5, 0.6) is 0 Å². The van der Waals surface area contributed by atoms with Crippen molar-refractivity contribution in [3.05, 3.63) is 60.2 Å². The molecule has 0 aliphatic carbocycles. The molecule has 4 rings (SSSR count). The van der Waals surface area contributed by atoms with Gasteiger partial charge in [-0.25, -0.2) is 0 Å². The molecule has 164 valence electrons.